The van der Waals surface area contributed by atoms with Gasteiger partial charge >= 0.3 is 6.36 Å². The minimum absolute atomic E-state index is 0.0148. The average Bonchev–Trinajstić information content (AvgIpc) is 2.32. The quantitative estimate of drug-likeness (QED) is 0.732. The van der Waals surface area contributed by atoms with Crippen molar-refractivity contribution < 1.29 is 17.9 Å². The first-order chi connectivity index (χ1) is 8.88. The van der Waals surface area contributed by atoms with Gasteiger partial charge in [-0.15, -0.1) is 13.2 Å². The van der Waals surface area contributed by atoms with E-state index in [4.69, 9.17) is 23.2 Å². The number of hydrogen-bond acceptors (Lipinski definition) is 2. The minimum atomic E-state index is -4.78. The highest BCUT2D eigenvalue weighted by molar-refractivity contribution is 6.43. The summed E-state index contributed by atoms with van der Waals surface area (Å²) in [5, 5.41) is 0.0865. The third-order valence-electron chi connectivity index (χ3n) is 2.25. The molecule has 0 atom stereocenters. The van der Waals surface area contributed by atoms with Gasteiger partial charge < -0.3 is 4.74 Å². The molecule has 0 bridgehead atoms. The van der Waals surface area contributed by atoms with Crippen LogP contribution in [-0.2, 0) is 0 Å². The van der Waals surface area contributed by atoms with Crippen LogP contribution in [0.15, 0.2) is 36.5 Å². The number of halogens is 5. The van der Waals surface area contributed by atoms with E-state index >= 15 is 0 Å². The lowest BCUT2D eigenvalue weighted by molar-refractivity contribution is -0.274. The summed E-state index contributed by atoms with van der Waals surface area (Å²) in [6, 6.07) is 7.13. The van der Waals surface area contributed by atoms with Crippen molar-refractivity contribution in [2.45, 2.75) is 6.36 Å². The number of rotatable bonds is 2. The van der Waals surface area contributed by atoms with Crippen LogP contribution in [0.2, 0.25) is 10.2 Å². The highest BCUT2D eigenvalue weighted by atomic mass is 35.5. The van der Waals surface area contributed by atoms with Crippen LogP contribution in [0, 0.1) is 0 Å². The monoisotopic (exact) mass is 307 g/mol. The van der Waals surface area contributed by atoms with Gasteiger partial charge in [-0.2, -0.15) is 0 Å². The minimum Gasteiger partial charge on any atom is -0.405 e. The SMILES string of the molecule is FC(F)(F)Oc1ccccc1-c1ccnc(Cl)c1Cl. The third kappa shape index (κ3) is 3.30. The highest BCUT2D eigenvalue weighted by Gasteiger charge is 2.32. The molecule has 0 aliphatic carbocycles. The van der Waals surface area contributed by atoms with Crippen LogP contribution in [0.4, 0.5) is 13.2 Å². The second-order valence-corrected chi connectivity index (χ2v) is 4.24. The predicted octanol–water partition coefficient (Wildman–Crippen LogP) is 4.95. The zero-order valence-electron chi connectivity index (χ0n) is 9.21. The standard InChI is InChI=1S/C12H6Cl2F3NO/c13-10-8(5-6-18-11(10)14)7-3-1-2-4-9(7)19-12(15,16)17/h1-6H. The molecule has 0 radical (unpaired) electrons. The maximum Gasteiger partial charge on any atom is 0.573 e. The van der Waals surface area contributed by atoms with E-state index in [1.807, 2.05) is 0 Å². The molecule has 0 N–H and O–H groups in total. The van der Waals surface area contributed by atoms with Gasteiger partial charge in [-0.05, 0) is 12.1 Å². The van der Waals surface area contributed by atoms with Gasteiger partial charge in [-0.1, -0.05) is 41.4 Å². The Kier molecular flexibility index (Phi) is 3.87. The molecule has 100 valence electrons. The summed E-state index contributed by atoms with van der Waals surface area (Å²) in [6.45, 7) is 0. The van der Waals surface area contributed by atoms with Crippen LogP contribution >= 0.6 is 23.2 Å². The third-order valence-corrected chi connectivity index (χ3v) is 3.02. The first-order valence-electron chi connectivity index (χ1n) is 5.03. The number of benzene rings is 1. The number of pyridine rings is 1. The Morgan fingerprint density at radius 3 is 2.37 bits per heavy atom. The van der Waals surface area contributed by atoms with Crippen molar-refractivity contribution in [2.75, 3.05) is 0 Å². The van der Waals surface area contributed by atoms with Crippen LogP contribution in [0.25, 0.3) is 11.1 Å². The zero-order chi connectivity index (χ0) is 14.0. The molecule has 2 aromatic rings. The van der Waals surface area contributed by atoms with Crippen molar-refractivity contribution in [3.8, 4) is 16.9 Å². The summed E-state index contributed by atoms with van der Waals surface area (Å²) in [5.74, 6) is -0.348. The number of hydrogen-bond donors (Lipinski definition) is 0. The molecular weight excluding hydrogens is 302 g/mol. The summed E-state index contributed by atoms with van der Waals surface area (Å²) >= 11 is 11.7. The molecule has 0 saturated carbocycles. The molecule has 0 aliphatic rings. The average molecular weight is 308 g/mol. The second kappa shape index (κ2) is 5.27. The number of para-hydroxylation sites is 1. The molecule has 1 heterocycles. The number of aromatic nitrogens is 1. The van der Waals surface area contributed by atoms with Crippen LogP contribution in [0.5, 0.6) is 5.75 Å². The summed E-state index contributed by atoms with van der Waals surface area (Å²) in [5.41, 5.74) is 0.510. The van der Waals surface area contributed by atoms with Gasteiger partial charge in [0.2, 0.25) is 0 Å². The second-order valence-electron chi connectivity index (χ2n) is 3.51. The van der Waals surface area contributed by atoms with Crippen molar-refractivity contribution in [3.63, 3.8) is 0 Å². The van der Waals surface area contributed by atoms with E-state index in [2.05, 4.69) is 9.72 Å². The highest BCUT2D eigenvalue weighted by Crippen LogP contribution is 2.38. The van der Waals surface area contributed by atoms with Gasteiger partial charge in [0.15, 0.2) is 0 Å². The molecule has 1 aromatic heterocycles. The first kappa shape index (κ1) is 14.0. The van der Waals surface area contributed by atoms with Gasteiger partial charge in [-0.3, -0.25) is 0 Å². The lowest BCUT2D eigenvalue weighted by Crippen LogP contribution is -2.17. The van der Waals surface area contributed by atoms with Crippen molar-refractivity contribution in [2.24, 2.45) is 0 Å². The maximum atomic E-state index is 12.3. The maximum absolute atomic E-state index is 12.3. The summed E-state index contributed by atoms with van der Waals surface area (Å²) in [6.07, 6.45) is -3.42. The van der Waals surface area contributed by atoms with Crippen LogP contribution < -0.4 is 4.74 Å². The van der Waals surface area contributed by atoms with Gasteiger partial charge in [0.05, 0.1) is 5.02 Å². The topological polar surface area (TPSA) is 22.1 Å². The Bertz CT molecular complexity index is 602. The molecule has 19 heavy (non-hydrogen) atoms. The van der Waals surface area contributed by atoms with Crippen molar-refractivity contribution in [1.82, 2.24) is 4.98 Å². The van der Waals surface area contributed by atoms with E-state index in [0.717, 1.165) is 0 Å². The fourth-order valence-corrected chi connectivity index (χ4v) is 1.90. The smallest absolute Gasteiger partial charge is 0.405 e. The zero-order valence-corrected chi connectivity index (χ0v) is 10.7. The Hall–Kier alpha value is -1.46. The lowest BCUT2D eigenvalue weighted by Gasteiger charge is -2.14. The molecule has 0 aliphatic heterocycles. The van der Waals surface area contributed by atoms with Gasteiger partial charge in [0, 0.05) is 17.3 Å². The summed E-state index contributed by atoms with van der Waals surface area (Å²) < 4.78 is 40.9. The summed E-state index contributed by atoms with van der Waals surface area (Å²) in [7, 11) is 0. The Balaban J connectivity index is 2.54. The van der Waals surface area contributed by atoms with E-state index in [1.165, 1.54) is 30.5 Å². The molecule has 0 unspecified atom stereocenters. The molecule has 0 saturated heterocycles. The molecule has 7 heteroatoms. The normalized spacial score (nSPS) is 11.4. The number of nitrogens with zero attached hydrogens (tertiary/aromatic N) is 1. The Labute approximate surface area is 116 Å². The number of alkyl halides is 3. The van der Waals surface area contributed by atoms with Crippen molar-refractivity contribution >= 4 is 23.2 Å². The van der Waals surface area contributed by atoms with Crippen LogP contribution in [-0.4, -0.2) is 11.3 Å². The van der Waals surface area contributed by atoms with Crippen molar-refractivity contribution in [3.05, 3.63) is 46.7 Å². The van der Waals surface area contributed by atoms with Crippen LogP contribution in [0.1, 0.15) is 0 Å². The fraction of sp³-hybridized carbons (Fsp3) is 0.0833. The molecule has 2 nitrogen and oxygen atoms in total. The number of ether oxygens (including phenoxy) is 1. The molecule has 0 amide bonds. The van der Waals surface area contributed by atoms with Gasteiger partial charge in [-0.25, -0.2) is 4.98 Å². The molecule has 0 fully saturated rings. The van der Waals surface area contributed by atoms with E-state index in [1.54, 1.807) is 6.07 Å². The van der Waals surface area contributed by atoms with Crippen LogP contribution in [0.3, 0.4) is 0 Å². The van der Waals surface area contributed by atoms with E-state index in [-0.39, 0.29) is 21.5 Å². The van der Waals surface area contributed by atoms with Gasteiger partial charge in [0.1, 0.15) is 10.9 Å². The lowest BCUT2D eigenvalue weighted by atomic mass is 10.1. The Morgan fingerprint density at radius 1 is 1.00 bits per heavy atom. The van der Waals surface area contributed by atoms with Crippen molar-refractivity contribution in [1.29, 1.82) is 0 Å². The molecule has 2 rings (SSSR count). The molecular formula is C12H6Cl2F3NO. The molecule has 0 spiro atoms. The Morgan fingerprint density at radius 2 is 1.68 bits per heavy atom. The van der Waals surface area contributed by atoms with E-state index in [9.17, 15) is 13.2 Å². The largest absolute Gasteiger partial charge is 0.573 e. The fourth-order valence-electron chi connectivity index (χ4n) is 1.53. The first-order valence-corrected chi connectivity index (χ1v) is 5.79. The predicted molar refractivity (Wildman–Crippen MR) is 66.4 cm³/mol. The summed E-state index contributed by atoms with van der Waals surface area (Å²) in [4.78, 5) is 3.74. The van der Waals surface area contributed by atoms with Gasteiger partial charge in [0.25, 0.3) is 0 Å². The van der Waals surface area contributed by atoms with E-state index in [0.29, 0.717) is 5.56 Å². The molecule has 1 aromatic carbocycles. The van der Waals surface area contributed by atoms with E-state index < -0.39 is 6.36 Å².